The molecule has 1 amide bonds. The Morgan fingerprint density at radius 2 is 2.20 bits per heavy atom. The van der Waals surface area contributed by atoms with Crippen molar-refractivity contribution in [1.29, 1.82) is 0 Å². The Hall–Kier alpha value is -2.82. The Morgan fingerprint density at radius 3 is 3.04 bits per heavy atom. The molecule has 0 saturated carbocycles. The largest absolute Gasteiger partial charge is 0.493 e. The number of nitrogens with zero attached hydrogens (tertiary/aromatic N) is 2. The zero-order chi connectivity index (χ0) is 17.4. The number of imidazole rings is 1. The van der Waals surface area contributed by atoms with Gasteiger partial charge in [0.15, 0.2) is 0 Å². The van der Waals surface area contributed by atoms with Gasteiger partial charge in [-0.3, -0.25) is 9.20 Å². The second-order valence-corrected chi connectivity index (χ2v) is 6.42. The molecule has 5 heteroatoms. The number of aromatic nitrogens is 2. The van der Waals surface area contributed by atoms with E-state index in [0.29, 0.717) is 12.2 Å². The number of fused-ring (bicyclic) bond motifs is 2. The summed E-state index contributed by atoms with van der Waals surface area (Å²) in [5.74, 6) is 0.868. The molecule has 2 aromatic heterocycles. The van der Waals surface area contributed by atoms with Crippen molar-refractivity contribution >= 4 is 11.6 Å². The normalized spacial score (nSPS) is 12.9. The predicted octanol–water partition coefficient (Wildman–Crippen LogP) is 3.07. The highest BCUT2D eigenvalue weighted by Gasteiger charge is 2.18. The maximum absolute atomic E-state index is 12.8. The SMILES string of the molecule is CCc1nc2ccc(C)cn2c1C(=O)NCc1ccc2c(c1)CCO2. The minimum atomic E-state index is -0.0910. The number of carbonyl (C=O) groups is 1. The van der Waals surface area contributed by atoms with Crippen molar-refractivity contribution in [2.75, 3.05) is 6.61 Å². The molecule has 1 N–H and O–H groups in total. The lowest BCUT2D eigenvalue weighted by Crippen LogP contribution is -2.25. The molecule has 1 aliphatic rings. The van der Waals surface area contributed by atoms with Crippen molar-refractivity contribution in [3.8, 4) is 5.75 Å². The molecule has 128 valence electrons. The van der Waals surface area contributed by atoms with Crippen LogP contribution in [0.2, 0.25) is 0 Å². The number of ether oxygens (including phenoxy) is 1. The lowest BCUT2D eigenvalue weighted by molar-refractivity contribution is 0.0944. The number of carbonyl (C=O) groups excluding carboxylic acids is 1. The molecule has 0 radical (unpaired) electrons. The third-order valence-electron chi connectivity index (χ3n) is 4.60. The van der Waals surface area contributed by atoms with Crippen LogP contribution in [-0.4, -0.2) is 21.9 Å². The summed E-state index contributed by atoms with van der Waals surface area (Å²) in [6.45, 7) is 5.27. The number of hydrogen-bond acceptors (Lipinski definition) is 3. The zero-order valence-electron chi connectivity index (χ0n) is 14.5. The van der Waals surface area contributed by atoms with E-state index in [4.69, 9.17) is 4.74 Å². The summed E-state index contributed by atoms with van der Waals surface area (Å²) in [5.41, 5.74) is 5.66. The van der Waals surface area contributed by atoms with E-state index >= 15 is 0 Å². The van der Waals surface area contributed by atoms with Crippen molar-refractivity contribution in [2.24, 2.45) is 0 Å². The first-order chi connectivity index (χ1) is 12.2. The van der Waals surface area contributed by atoms with Crippen LogP contribution < -0.4 is 10.1 Å². The Morgan fingerprint density at radius 1 is 1.32 bits per heavy atom. The quantitative estimate of drug-likeness (QED) is 0.797. The number of nitrogens with one attached hydrogen (secondary N) is 1. The molecule has 1 aromatic carbocycles. The lowest BCUT2D eigenvalue weighted by atomic mass is 10.1. The van der Waals surface area contributed by atoms with Gasteiger partial charge in [-0.15, -0.1) is 0 Å². The summed E-state index contributed by atoms with van der Waals surface area (Å²) >= 11 is 0. The number of aryl methyl sites for hydroxylation is 2. The van der Waals surface area contributed by atoms with Crippen LogP contribution in [-0.2, 0) is 19.4 Å². The third-order valence-corrected chi connectivity index (χ3v) is 4.60. The van der Waals surface area contributed by atoms with Gasteiger partial charge in [0.05, 0.1) is 12.3 Å². The summed E-state index contributed by atoms with van der Waals surface area (Å²) in [6.07, 6.45) is 3.62. The third kappa shape index (κ3) is 2.86. The Kier molecular flexibility index (Phi) is 3.92. The highest BCUT2D eigenvalue weighted by molar-refractivity contribution is 5.94. The van der Waals surface area contributed by atoms with E-state index in [1.54, 1.807) is 0 Å². The average Bonchev–Trinajstić information content (AvgIpc) is 3.22. The number of pyridine rings is 1. The van der Waals surface area contributed by atoms with Crippen LogP contribution >= 0.6 is 0 Å². The highest BCUT2D eigenvalue weighted by Crippen LogP contribution is 2.25. The molecular weight excluding hydrogens is 314 g/mol. The zero-order valence-corrected chi connectivity index (χ0v) is 14.5. The predicted molar refractivity (Wildman–Crippen MR) is 96.1 cm³/mol. The number of amides is 1. The van der Waals surface area contributed by atoms with Crippen molar-refractivity contribution in [1.82, 2.24) is 14.7 Å². The first-order valence-corrected chi connectivity index (χ1v) is 8.66. The smallest absolute Gasteiger partial charge is 0.270 e. The van der Waals surface area contributed by atoms with Crippen LogP contribution in [0.15, 0.2) is 36.5 Å². The van der Waals surface area contributed by atoms with Crippen LogP contribution in [0.3, 0.4) is 0 Å². The molecule has 0 spiro atoms. The molecule has 25 heavy (non-hydrogen) atoms. The van der Waals surface area contributed by atoms with Gasteiger partial charge >= 0.3 is 0 Å². The van der Waals surface area contributed by atoms with Crippen LogP contribution in [0.1, 0.15) is 39.8 Å². The number of hydrogen-bond donors (Lipinski definition) is 1. The molecule has 0 unspecified atom stereocenters. The second-order valence-electron chi connectivity index (χ2n) is 6.42. The van der Waals surface area contributed by atoms with Crippen LogP contribution in [0, 0.1) is 6.92 Å². The van der Waals surface area contributed by atoms with Gasteiger partial charge < -0.3 is 10.1 Å². The summed E-state index contributed by atoms with van der Waals surface area (Å²) in [7, 11) is 0. The van der Waals surface area contributed by atoms with Crippen LogP contribution in [0.5, 0.6) is 5.75 Å². The fraction of sp³-hybridized carbons (Fsp3) is 0.300. The van der Waals surface area contributed by atoms with Crippen LogP contribution in [0.25, 0.3) is 5.65 Å². The van der Waals surface area contributed by atoms with Crippen molar-refractivity contribution < 1.29 is 9.53 Å². The van der Waals surface area contributed by atoms with Gasteiger partial charge in [0.1, 0.15) is 17.1 Å². The topological polar surface area (TPSA) is 55.6 Å². The first kappa shape index (κ1) is 15.7. The van der Waals surface area contributed by atoms with Gasteiger partial charge in [0.25, 0.3) is 5.91 Å². The molecule has 0 fully saturated rings. The highest BCUT2D eigenvalue weighted by atomic mass is 16.5. The molecule has 1 aliphatic heterocycles. The summed E-state index contributed by atoms with van der Waals surface area (Å²) in [6, 6.07) is 10.1. The average molecular weight is 335 g/mol. The van der Waals surface area contributed by atoms with Gasteiger partial charge in [-0.2, -0.15) is 0 Å². The standard InChI is InChI=1S/C20H21N3O2/c1-3-16-19(23-12-13(2)4-7-18(23)22-16)20(24)21-11-14-5-6-17-15(10-14)8-9-25-17/h4-7,10,12H,3,8-9,11H2,1-2H3,(H,21,24). The van der Waals surface area contributed by atoms with Gasteiger partial charge in [-0.05, 0) is 42.2 Å². The van der Waals surface area contributed by atoms with E-state index in [-0.39, 0.29) is 5.91 Å². The molecule has 3 aromatic rings. The number of benzene rings is 1. The monoisotopic (exact) mass is 335 g/mol. The van der Waals surface area contributed by atoms with Crippen molar-refractivity contribution in [2.45, 2.75) is 33.2 Å². The van der Waals surface area contributed by atoms with E-state index in [9.17, 15) is 4.79 Å². The van der Waals surface area contributed by atoms with Gasteiger partial charge in [0, 0.05) is 19.2 Å². The summed E-state index contributed by atoms with van der Waals surface area (Å²) in [4.78, 5) is 17.4. The van der Waals surface area contributed by atoms with E-state index in [0.717, 1.165) is 47.7 Å². The van der Waals surface area contributed by atoms with Gasteiger partial charge in [-0.1, -0.05) is 25.1 Å². The maximum atomic E-state index is 12.8. The minimum absolute atomic E-state index is 0.0910. The lowest BCUT2D eigenvalue weighted by Gasteiger charge is -2.08. The Balaban J connectivity index is 1.58. The van der Waals surface area contributed by atoms with Crippen molar-refractivity contribution in [3.05, 3.63) is 64.6 Å². The fourth-order valence-electron chi connectivity index (χ4n) is 3.30. The maximum Gasteiger partial charge on any atom is 0.270 e. The fourth-order valence-corrected chi connectivity index (χ4v) is 3.30. The Bertz CT molecular complexity index is 959. The molecule has 0 aliphatic carbocycles. The molecule has 0 bridgehead atoms. The molecule has 3 heterocycles. The number of rotatable bonds is 4. The van der Waals surface area contributed by atoms with E-state index in [2.05, 4.69) is 16.4 Å². The van der Waals surface area contributed by atoms with Crippen molar-refractivity contribution in [3.63, 3.8) is 0 Å². The van der Waals surface area contributed by atoms with Crippen LogP contribution in [0.4, 0.5) is 0 Å². The summed E-state index contributed by atoms with van der Waals surface area (Å²) in [5, 5.41) is 3.04. The minimum Gasteiger partial charge on any atom is -0.493 e. The van der Waals surface area contributed by atoms with Gasteiger partial charge in [0.2, 0.25) is 0 Å². The molecular formula is C20H21N3O2. The van der Waals surface area contributed by atoms with E-state index < -0.39 is 0 Å². The van der Waals surface area contributed by atoms with E-state index in [1.165, 1.54) is 5.56 Å². The molecule has 0 atom stereocenters. The van der Waals surface area contributed by atoms with E-state index in [1.807, 2.05) is 48.7 Å². The molecule has 0 saturated heterocycles. The first-order valence-electron chi connectivity index (χ1n) is 8.66. The Labute approximate surface area is 146 Å². The second kappa shape index (κ2) is 6.24. The molecule has 5 nitrogen and oxygen atoms in total. The van der Waals surface area contributed by atoms with Gasteiger partial charge in [-0.25, -0.2) is 4.98 Å². The molecule has 4 rings (SSSR count). The summed E-state index contributed by atoms with van der Waals surface area (Å²) < 4.78 is 7.42.